The van der Waals surface area contributed by atoms with Crippen LogP contribution < -0.4 is 10.6 Å². The van der Waals surface area contributed by atoms with Gasteiger partial charge in [0, 0.05) is 58.5 Å². The summed E-state index contributed by atoms with van der Waals surface area (Å²) in [5, 5.41) is 8.36. The predicted octanol–water partition coefficient (Wildman–Crippen LogP) is 10.9. The number of aromatic nitrogens is 2. The van der Waals surface area contributed by atoms with Crippen LogP contribution in [0.15, 0.2) is 85.2 Å². The summed E-state index contributed by atoms with van der Waals surface area (Å²) in [5.41, 5.74) is 9.70. The molecule has 0 N–H and O–H groups in total. The van der Waals surface area contributed by atoms with Gasteiger partial charge in [-0.1, -0.05) is 47.8 Å². The molecule has 0 bridgehead atoms. The topological polar surface area (TPSA) is 49.1 Å². The molecule has 1 fully saturated rings. The van der Waals surface area contributed by atoms with Crippen LogP contribution in [0.4, 0.5) is 11.4 Å². The SMILES string of the molecule is C1CCOC1.Cc1ccc([N-]c2ccc(C)cc2[PH+](C(C)C)C(C)C)c([PH+](C(C)C)C(C)C)c1.[Mn].c1ccc(-c2ccccn2)nc1. The van der Waals surface area contributed by atoms with E-state index in [1.165, 1.54) is 46.0 Å². The van der Waals surface area contributed by atoms with Gasteiger partial charge in [-0.25, -0.2) is 0 Å². The molecule has 0 atom stereocenters. The first-order valence-electron chi connectivity index (χ1n) is 17.1. The van der Waals surface area contributed by atoms with Crippen LogP contribution in [0, 0.1) is 13.8 Å². The minimum Gasteiger partial charge on any atom is -0.651 e. The zero-order valence-corrected chi connectivity index (χ0v) is 33.5. The molecular formula is C40H58MnN3OP2+. The van der Waals surface area contributed by atoms with Gasteiger partial charge in [0.05, 0.1) is 44.6 Å². The second kappa shape index (κ2) is 21.1. The first kappa shape index (κ1) is 41.1. The number of pyridine rings is 2. The molecule has 1 radical (unpaired) electrons. The van der Waals surface area contributed by atoms with Gasteiger partial charge in [-0.3, -0.25) is 9.97 Å². The van der Waals surface area contributed by atoms with E-state index in [-0.39, 0.29) is 17.1 Å². The number of nitrogens with zero attached hydrogens (tertiary/aromatic N) is 3. The Morgan fingerprint density at radius 1 is 0.574 bits per heavy atom. The standard InChI is InChI=1S/C26H40NP2.C10H8N2.C4H8O.Mn/c1-17(2)28(18(3)4)25-15-21(9)11-13-23(25)27-24-14-12-22(10)16-26(24)29(19(5)6)20(7)8;1-3-7-11-9(5-1)10-6-2-4-8-12-10;1-2-4-5-3-1;/h11-20H,1-10H3;1-8H;1-4H2;/q-1;;;/p+2. The molecule has 2 aromatic carbocycles. The fraction of sp³-hybridized carbons (Fsp3) is 0.450. The van der Waals surface area contributed by atoms with Gasteiger partial charge in [-0.2, -0.15) is 0 Å². The first-order valence-corrected chi connectivity index (χ1v) is 20.4. The molecule has 0 amide bonds. The fourth-order valence-corrected chi connectivity index (χ4v) is 13.0. The summed E-state index contributed by atoms with van der Waals surface area (Å²) in [4.78, 5) is 8.37. The van der Waals surface area contributed by atoms with E-state index in [4.69, 9.17) is 10.1 Å². The average molecular weight is 714 g/mol. The fourth-order valence-electron chi connectivity index (χ4n) is 6.20. The third kappa shape index (κ3) is 13.0. The molecule has 0 saturated carbocycles. The van der Waals surface area contributed by atoms with Gasteiger partial charge < -0.3 is 10.1 Å². The molecule has 0 unspecified atom stereocenters. The molecule has 3 heterocycles. The molecule has 2 aromatic heterocycles. The van der Waals surface area contributed by atoms with E-state index in [1.54, 1.807) is 12.4 Å². The van der Waals surface area contributed by atoms with Gasteiger partial charge in [-0.15, -0.1) is 0 Å². The molecule has 1 aliphatic heterocycles. The maximum atomic E-state index is 5.35. The molecule has 255 valence electrons. The molecule has 7 heteroatoms. The number of hydrogen-bond acceptors (Lipinski definition) is 3. The van der Waals surface area contributed by atoms with Crippen molar-refractivity contribution in [2.75, 3.05) is 13.2 Å². The van der Waals surface area contributed by atoms with Crippen LogP contribution in [0.1, 0.15) is 79.4 Å². The quantitative estimate of drug-likeness (QED) is 0.128. The maximum Gasteiger partial charge on any atom is 0.0886 e. The zero-order valence-electron chi connectivity index (χ0n) is 30.3. The smallest absolute Gasteiger partial charge is 0.0886 e. The predicted molar refractivity (Wildman–Crippen MR) is 209 cm³/mol. The number of hydrogen-bond donors (Lipinski definition) is 0. The van der Waals surface area contributed by atoms with Gasteiger partial charge in [0.15, 0.2) is 0 Å². The van der Waals surface area contributed by atoms with E-state index in [1.807, 2.05) is 36.4 Å². The van der Waals surface area contributed by atoms with Gasteiger partial charge in [-0.05, 0) is 130 Å². The Balaban J connectivity index is 0.000000345. The van der Waals surface area contributed by atoms with Crippen LogP contribution in [0.25, 0.3) is 16.7 Å². The van der Waals surface area contributed by atoms with Gasteiger partial charge in [0.1, 0.15) is 0 Å². The first-order chi connectivity index (χ1) is 22.0. The number of ether oxygens (including phenoxy) is 1. The average Bonchev–Trinajstić information content (AvgIpc) is 3.61. The Morgan fingerprint density at radius 3 is 1.23 bits per heavy atom. The summed E-state index contributed by atoms with van der Waals surface area (Å²) >= 11 is 0. The van der Waals surface area contributed by atoms with E-state index >= 15 is 0 Å². The maximum absolute atomic E-state index is 5.35. The summed E-state index contributed by atoms with van der Waals surface area (Å²) in [6.45, 7) is 25.5. The Bertz CT molecular complexity index is 1320. The molecule has 1 saturated heterocycles. The molecule has 0 aliphatic carbocycles. The minimum absolute atomic E-state index is 0. The van der Waals surface area contributed by atoms with Gasteiger partial charge in [0.2, 0.25) is 0 Å². The molecule has 4 aromatic rings. The number of benzene rings is 2. The molecule has 1 aliphatic rings. The van der Waals surface area contributed by atoms with Crippen molar-refractivity contribution in [2.24, 2.45) is 0 Å². The number of rotatable bonds is 9. The molecule has 4 nitrogen and oxygen atoms in total. The third-order valence-electron chi connectivity index (χ3n) is 8.07. The van der Waals surface area contributed by atoms with Crippen molar-refractivity contribution in [1.29, 1.82) is 0 Å². The van der Waals surface area contributed by atoms with Crippen molar-refractivity contribution in [2.45, 2.75) is 105 Å². The van der Waals surface area contributed by atoms with Crippen molar-refractivity contribution in [3.8, 4) is 11.4 Å². The van der Waals surface area contributed by atoms with E-state index in [0.29, 0.717) is 22.6 Å². The summed E-state index contributed by atoms with van der Waals surface area (Å²) in [5.74, 6) is 0. The molecule has 0 spiro atoms. The number of aryl methyl sites for hydroxylation is 2. The van der Waals surface area contributed by atoms with Crippen LogP contribution in [-0.4, -0.2) is 45.8 Å². The monoisotopic (exact) mass is 713 g/mol. The van der Waals surface area contributed by atoms with Crippen molar-refractivity contribution in [3.05, 3.63) is 102 Å². The van der Waals surface area contributed by atoms with Gasteiger partial charge >= 0.3 is 0 Å². The van der Waals surface area contributed by atoms with E-state index in [2.05, 4.69) is 116 Å². The van der Waals surface area contributed by atoms with Crippen molar-refractivity contribution in [1.82, 2.24) is 9.97 Å². The third-order valence-corrected chi connectivity index (χ3v) is 15.1. The largest absolute Gasteiger partial charge is 0.651 e. The van der Waals surface area contributed by atoms with Crippen LogP contribution in [0.3, 0.4) is 0 Å². The second-order valence-electron chi connectivity index (χ2n) is 13.4. The summed E-state index contributed by atoms with van der Waals surface area (Å²) in [7, 11) is -1.37. The molecular weight excluding hydrogens is 655 g/mol. The van der Waals surface area contributed by atoms with E-state index < -0.39 is 15.8 Å². The van der Waals surface area contributed by atoms with Gasteiger partial charge in [0.25, 0.3) is 0 Å². The van der Waals surface area contributed by atoms with Crippen LogP contribution >= 0.6 is 15.8 Å². The molecule has 47 heavy (non-hydrogen) atoms. The Labute approximate surface area is 299 Å². The van der Waals surface area contributed by atoms with Crippen LogP contribution in [-0.2, 0) is 21.8 Å². The molecule has 5 rings (SSSR count). The Hall–Kier alpha value is -2.12. The second-order valence-corrected chi connectivity index (χ2v) is 20.9. The van der Waals surface area contributed by atoms with Crippen molar-refractivity contribution >= 4 is 37.8 Å². The summed E-state index contributed by atoms with van der Waals surface area (Å²) in [6.07, 6.45) is 6.09. The zero-order chi connectivity index (χ0) is 33.6. The Kier molecular flexibility index (Phi) is 18.4. The Morgan fingerprint density at radius 2 is 0.957 bits per heavy atom. The van der Waals surface area contributed by atoms with Crippen molar-refractivity contribution in [3.63, 3.8) is 0 Å². The minimum atomic E-state index is -0.685. The van der Waals surface area contributed by atoms with E-state index in [0.717, 1.165) is 24.6 Å². The van der Waals surface area contributed by atoms with E-state index in [9.17, 15) is 0 Å². The van der Waals surface area contributed by atoms with Crippen molar-refractivity contribution < 1.29 is 21.8 Å². The van der Waals surface area contributed by atoms with Crippen LogP contribution in [0.5, 0.6) is 0 Å². The summed E-state index contributed by atoms with van der Waals surface area (Å²) in [6, 6.07) is 25.4. The van der Waals surface area contributed by atoms with Crippen LogP contribution in [0.2, 0.25) is 0 Å². The normalized spacial score (nSPS) is 12.6. The summed E-state index contributed by atoms with van der Waals surface area (Å²) < 4.78 is 4.94.